The topological polar surface area (TPSA) is 50.8 Å². The molecule has 4 aliphatic rings. The molecule has 2 aliphatic carbocycles. The summed E-state index contributed by atoms with van der Waals surface area (Å²) in [5.41, 5.74) is 2.69. The molecular weight excluding hydrogens is 376 g/mol. The summed E-state index contributed by atoms with van der Waals surface area (Å²) in [6, 6.07) is 6.90. The molecule has 0 aromatic heterocycles. The van der Waals surface area contributed by atoms with Gasteiger partial charge in [-0.3, -0.25) is 4.79 Å². The summed E-state index contributed by atoms with van der Waals surface area (Å²) in [5, 5.41) is 3.37. The van der Waals surface area contributed by atoms with E-state index in [1.54, 1.807) is 14.0 Å². The lowest BCUT2D eigenvalue weighted by Crippen LogP contribution is -2.58. The molecule has 5 rings (SSSR count). The van der Waals surface area contributed by atoms with E-state index in [-0.39, 0.29) is 28.9 Å². The van der Waals surface area contributed by atoms with Crippen LogP contribution in [0.25, 0.3) is 0 Å². The highest BCUT2D eigenvalue weighted by molar-refractivity contribution is 5.73. The molecule has 1 aromatic carbocycles. The molecule has 0 unspecified atom stereocenters. The molecule has 2 aliphatic heterocycles. The lowest BCUT2D eigenvalue weighted by Gasteiger charge is -2.53. The Kier molecular flexibility index (Phi) is 4.81. The highest BCUT2D eigenvalue weighted by Gasteiger charge is 2.68. The van der Waals surface area contributed by atoms with Crippen LogP contribution in [0.4, 0.5) is 5.69 Å². The number of nitrogens with zero attached hydrogens (tertiary/aromatic N) is 1. The number of hydrogen-bond acceptors (Lipinski definition) is 4. The van der Waals surface area contributed by atoms with Crippen LogP contribution in [-0.4, -0.2) is 38.8 Å². The van der Waals surface area contributed by atoms with Gasteiger partial charge in [-0.15, -0.1) is 0 Å². The first-order valence-corrected chi connectivity index (χ1v) is 11.7. The van der Waals surface area contributed by atoms with E-state index in [2.05, 4.69) is 42.3 Å². The number of carbonyl (C=O) groups excluding carboxylic acids is 1. The molecule has 2 heterocycles. The van der Waals surface area contributed by atoms with Gasteiger partial charge >= 0.3 is 0 Å². The molecule has 1 spiro atoms. The first-order chi connectivity index (χ1) is 14.4. The molecule has 1 aromatic rings. The van der Waals surface area contributed by atoms with Gasteiger partial charge in [0.1, 0.15) is 5.75 Å². The zero-order chi connectivity index (χ0) is 21.1. The van der Waals surface area contributed by atoms with Gasteiger partial charge in [-0.2, -0.15) is 0 Å². The van der Waals surface area contributed by atoms with Crippen LogP contribution >= 0.6 is 0 Å². The summed E-state index contributed by atoms with van der Waals surface area (Å²) in [6.07, 6.45) is 5.98. The van der Waals surface area contributed by atoms with E-state index < -0.39 is 0 Å². The Hall–Kier alpha value is -1.75. The standard InChI is InChI=1S/C25H36N2O3/c1-16(28)26-23-24(2,3)17-13-20-22(30-12-9-25(20,23)15-17)19-8-7-18(14-21(19)29-4)27-10-5-6-11-27/h7-8,14,17,20,22-23H,5-6,9-13,15H2,1-4H3,(H,26,28)/t17-,20-,22-,23+,25-/m1/s1. The van der Waals surface area contributed by atoms with Crippen molar-refractivity contribution in [2.24, 2.45) is 22.7 Å². The van der Waals surface area contributed by atoms with Gasteiger partial charge < -0.3 is 19.7 Å². The van der Waals surface area contributed by atoms with Crippen LogP contribution in [0.1, 0.15) is 64.5 Å². The summed E-state index contributed by atoms with van der Waals surface area (Å²) in [5.74, 6) is 2.08. The van der Waals surface area contributed by atoms with Crippen molar-refractivity contribution in [1.29, 1.82) is 0 Å². The number of carbonyl (C=O) groups is 1. The molecular formula is C25H36N2O3. The van der Waals surface area contributed by atoms with E-state index in [0.717, 1.165) is 31.9 Å². The van der Waals surface area contributed by atoms with Crippen LogP contribution in [0.5, 0.6) is 5.75 Å². The van der Waals surface area contributed by atoms with Gasteiger partial charge in [0.15, 0.2) is 0 Å². The van der Waals surface area contributed by atoms with E-state index >= 15 is 0 Å². The van der Waals surface area contributed by atoms with Crippen LogP contribution in [0.2, 0.25) is 0 Å². The van der Waals surface area contributed by atoms with Crippen molar-refractivity contribution >= 4 is 11.6 Å². The SMILES string of the molecule is COc1cc(N2CCCC2)ccc1[C@H]1OCC[C@@]23C[C@@H](C[C@H]12)C(C)(C)[C@@H]3NC(C)=O. The average molecular weight is 413 g/mol. The number of ether oxygens (including phenoxy) is 2. The lowest BCUT2D eigenvalue weighted by atomic mass is 9.58. The Morgan fingerprint density at radius 3 is 2.73 bits per heavy atom. The predicted octanol–water partition coefficient (Wildman–Crippen LogP) is 4.31. The van der Waals surface area contributed by atoms with Gasteiger partial charge in [0, 0.05) is 50.0 Å². The van der Waals surface area contributed by atoms with Crippen molar-refractivity contribution in [3.8, 4) is 5.75 Å². The van der Waals surface area contributed by atoms with Crippen molar-refractivity contribution in [3.63, 3.8) is 0 Å². The molecule has 5 atom stereocenters. The Morgan fingerprint density at radius 1 is 1.27 bits per heavy atom. The summed E-state index contributed by atoms with van der Waals surface area (Å²) < 4.78 is 12.3. The van der Waals surface area contributed by atoms with Crippen molar-refractivity contribution in [2.75, 3.05) is 31.7 Å². The maximum absolute atomic E-state index is 12.1. The van der Waals surface area contributed by atoms with Crippen molar-refractivity contribution in [1.82, 2.24) is 5.32 Å². The average Bonchev–Trinajstić information content (AvgIpc) is 3.42. The highest BCUT2D eigenvalue weighted by atomic mass is 16.5. The number of fused-ring (bicyclic) bond motifs is 1. The van der Waals surface area contributed by atoms with Gasteiger partial charge in [0.2, 0.25) is 5.91 Å². The second kappa shape index (κ2) is 7.15. The lowest BCUT2D eigenvalue weighted by molar-refractivity contribution is -0.136. The molecule has 1 amide bonds. The summed E-state index contributed by atoms with van der Waals surface area (Å²) in [7, 11) is 1.77. The largest absolute Gasteiger partial charge is 0.496 e. The van der Waals surface area contributed by atoms with Gasteiger partial charge in [0.05, 0.1) is 13.2 Å². The molecule has 4 fully saturated rings. The van der Waals surface area contributed by atoms with E-state index in [4.69, 9.17) is 9.47 Å². The fraction of sp³-hybridized carbons (Fsp3) is 0.720. The third kappa shape index (κ3) is 2.88. The molecule has 30 heavy (non-hydrogen) atoms. The second-order valence-electron chi connectivity index (χ2n) is 10.6. The fourth-order valence-electron chi connectivity index (χ4n) is 7.41. The Balaban J connectivity index is 1.49. The molecule has 5 nitrogen and oxygen atoms in total. The molecule has 5 heteroatoms. The number of amides is 1. The highest BCUT2D eigenvalue weighted by Crippen LogP contribution is 2.70. The molecule has 164 valence electrons. The number of methoxy groups -OCH3 is 1. The van der Waals surface area contributed by atoms with Gasteiger partial charge in [0.25, 0.3) is 0 Å². The normalized spacial score (nSPS) is 36.6. The van der Waals surface area contributed by atoms with Crippen LogP contribution in [0.15, 0.2) is 18.2 Å². The monoisotopic (exact) mass is 412 g/mol. The minimum Gasteiger partial charge on any atom is -0.496 e. The summed E-state index contributed by atoms with van der Waals surface area (Å²) in [4.78, 5) is 14.5. The number of anilines is 1. The molecule has 2 saturated heterocycles. The number of nitrogens with one attached hydrogen (secondary N) is 1. The second-order valence-corrected chi connectivity index (χ2v) is 10.6. The fourth-order valence-corrected chi connectivity index (χ4v) is 7.41. The van der Waals surface area contributed by atoms with E-state index in [0.29, 0.717) is 11.8 Å². The Bertz CT molecular complexity index is 832. The Labute approximate surface area is 180 Å². The smallest absolute Gasteiger partial charge is 0.217 e. The molecule has 0 radical (unpaired) electrons. The quantitative estimate of drug-likeness (QED) is 0.800. The van der Waals surface area contributed by atoms with Crippen molar-refractivity contribution in [3.05, 3.63) is 23.8 Å². The van der Waals surface area contributed by atoms with Crippen LogP contribution in [0, 0.1) is 22.7 Å². The summed E-state index contributed by atoms with van der Waals surface area (Å²) >= 11 is 0. The van der Waals surface area contributed by atoms with Crippen LogP contribution < -0.4 is 15.0 Å². The third-order valence-electron chi connectivity index (χ3n) is 8.85. The van der Waals surface area contributed by atoms with E-state index in [1.165, 1.54) is 36.9 Å². The van der Waals surface area contributed by atoms with Gasteiger partial charge in [-0.1, -0.05) is 19.9 Å². The number of hydrogen-bond donors (Lipinski definition) is 1. The van der Waals surface area contributed by atoms with Crippen LogP contribution in [0.3, 0.4) is 0 Å². The maximum Gasteiger partial charge on any atom is 0.217 e. The summed E-state index contributed by atoms with van der Waals surface area (Å²) in [6.45, 7) is 9.35. The Morgan fingerprint density at radius 2 is 2.03 bits per heavy atom. The van der Waals surface area contributed by atoms with Gasteiger partial charge in [-0.05, 0) is 60.8 Å². The maximum atomic E-state index is 12.1. The third-order valence-corrected chi connectivity index (χ3v) is 8.85. The first-order valence-electron chi connectivity index (χ1n) is 11.7. The number of rotatable bonds is 4. The van der Waals surface area contributed by atoms with Crippen LogP contribution in [-0.2, 0) is 9.53 Å². The zero-order valence-corrected chi connectivity index (χ0v) is 18.9. The van der Waals surface area contributed by atoms with Gasteiger partial charge in [-0.25, -0.2) is 0 Å². The van der Waals surface area contributed by atoms with Crippen molar-refractivity contribution in [2.45, 2.75) is 65.0 Å². The predicted molar refractivity (Wildman–Crippen MR) is 118 cm³/mol. The van der Waals surface area contributed by atoms with E-state index in [9.17, 15) is 4.79 Å². The minimum absolute atomic E-state index is 0.0405. The molecule has 2 bridgehead atoms. The minimum atomic E-state index is 0.0405. The zero-order valence-electron chi connectivity index (χ0n) is 18.9. The van der Waals surface area contributed by atoms with Crippen molar-refractivity contribution < 1.29 is 14.3 Å². The first kappa shape index (κ1) is 20.2. The molecule has 1 N–H and O–H groups in total. The molecule has 2 saturated carbocycles. The van der Waals surface area contributed by atoms with E-state index in [1.807, 2.05) is 0 Å². The number of benzene rings is 1.